The summed E-state index contributed by atoms with van der Waals surface area (Å²) < 4.78 is 38.6. The fraction of sp³-hybridized carbons (Fsp3) is 0.652. The number of benzene rings is 1. The lowest BCUT2D eigenvalue weighted by molar-refractivity contribution is -0.179. The molecular formula is C23H32F3N5O2. The molecule has 2 aliphatic heterocycles. The summed E-state index contributed by atoms with van der Waals surface area (Å²) in [4.78, 5) is 25.3. The van der Waals surface area contributed by atoms with Crippen LogP contribution in [0.3, 0.4) is 0 Å². The van der Waals surface area contributed by atoms with E-state index >= 15 is 0 Å². The van der Waals surface area contributed by atoms with Crippen molar-refractivity contribution in [3.8, 4) is 0 Å². The van der Waals surface area contributed by atoms with Gasteiger partial charge in [0.2, 0.25) is 5.91 Å². The normalized spacial score (nSPS) is 26.5. The van der Waals surface area contributed by atoms with Crippen molar-refractivity contribution in [1.29, 1.82) is 0 Å². The number of anilines is 2. The van der Waals surface area contributed by atoms with Crippen molar-refractivity contribution in [2.24, 2.45) is 11.8 Å². The Bertz CT molecular complexity index is 816. The number of alkyl halides is 3. The molecule has 33 heavy (non-hydrogen) atoms. The molecule has 2 heterocycles. The van der Waals surface area contributed by atoms with Gasteiger partial charge in [-0.25, -0.2) is 4.79 Å². The standard InChI is InChI=1S/C23H32F3N5O2/c24-23(25,26)16-9-11-31(12-10-16)19-7-5-18(6-8-19)29-17-3-1-15(2-4-17)13-27-21(32)20-14-28-22(33)30-20/h5-8,15-17,20,29H,1-4,9-14H2,(H,27,32)(H2,28,30,33)/t15?,17?,20-/m1/s1. The zero-order valence-electron chi connectivity index (χ0n) is 18.6. The number of carbonyl (C=O) groups is 2. The molecule has 1 aliphatic carbocycles. The molecule has 1 aromatic rings. The Morgan fingerprint density at radius 3 is 2.27 bits per heavy atom. The van der Waals surface area contributed by atoms with Crippen molar-refractivity contribution < 1.29 is 22.8 Å². The fourth-order valence-corrected chi connectivity index (χ4v) is 4.96. The SMILES string of the molecule is O=C1NC[C@H](C(=O)NCC2CCC(Nc3ccc(N4CCC(C(F)(F)F)CC4)cc3)CC2)N1. The van der Waals surface area contributed by atoms with Crippen molar-refractivity contribution in [2.75, 3.05) is 36.4 Å². The van der Waals surface area contributed by atoms with Gasteiger partial charge < -0.3 is 26.2 Å². The lowest BCUT2D eigenvalue weighted by Crippen LogP contribution is -2.45. The predicted molar refractivity (Wildman–Crippen MR) is 120 cm³/mol. The summed E-state index contributed by atoms with van der Waals surface area (Å²) in [5, 5.41) is 11.7. The largest absolute Gasteiger partial charge is 0.391 e. The number of nitrogens with one attached hydrogen (secondary N) is 4. The molecule has 7 nitrogen and oxygen atoms in total. The van der Waals surface area contributed by atoms with Gasteiger partial charge in [0.1, 0.15) is 6.04 Å². The first kappa shape index (κ1) is 23.5. The molecule has 1 saturated carbocycles. The Hall–Kier alpha value is -2.65. The first-order chi connectivity index (χ1) is 15.8. The highest BCUT2D eigenvalue weighted by molar-refractivity contribution is 5.90. The summed E-state index contributed by atoms with van der Waals surface area (Å²) in [6.45, 7) is 1.81. The van der Waals surface area contributed by atoms with E-state index in [1.54, 1.807) is 0 Å². The number of hydrogen-bond donors (Lipinski definition) is 4. The van der Waals surface area contributed by atoms with Crippen LogP contribution in [-0.4, -0.2) is 56.4 Å². The van der Waals surface area contributed by atoms with Crippen LogP contribution in [0.1, 0.15) is 38.5 Å². The maximum Gasteiger partial charge on any atom is 0.391 e. The van der Waals surface area contributed by atoms with Crippen molar-refractivity contribution in [1.82, 2.24) is 16.0 Å². The zero-order valence-corrected chi connectivity index (χ0v) is 18.6. The molecule has 0 aromatic heterocycles. The van der Waals surface area contributed by atoms with E-state index in [2.05, 4.69) is 21.3 Å². The number of nitrogens with zero attached hydrogens (tertiary/aromatic N) is 1. The molecule has 3 aliphatic rings. The van der Waals surface area contributed by atoms with Crippen molar-refractivity contribution in [2.45, 2.75) is 56.8 Å². The molecule has 4 N–H and O–H groups in total. The van der Waals surface area contributed by atoms with Gasteiger partial charge in [-0.05, 0) is 68.7 Å². The molecule has 3 amide bonds. The van der Waals surface area contributed by atoms with Crippen LogP contribution in [-0.2, 0) is 4.79 Å². The highest BCUT2D eigenvalue weighted by atomic mass is 19.4. The van der Waals surface area contributed by atoms with Crippen LogP contribution in [0.5, 0.6) is 0 Å². The molecule has 3 fully saturated rings. The number of halogens is 3. The molecule has 0 bridgehead atoms. The zero-order chi connectivity index (χ0) is 23.4. The molecule has 4 rings (SSSR count). The Balaban J connectivity index is 1.16. The van der Waals surface area contributed by atoms with Gasteiger partial charge in [-0.1, -0.05) is 0 Å². The van der Waals surface area contributed by atoms with E-state index in [1.165, 1.54) is 0 Å². The van der Waals surface area contributed by atoms with E-state index in [-0.39, 0.29) is 24.8 Å². The molecule has 10 heteroatoms. The Labute approximate surface area is 191 Å². The first-order valence-electron chi connectivity index (χ1n) is 11.8. The summed E-state index contributed by atoms with van der Waals surface area (Å²) in [5.41, 5.74) is 1.99. The monoisotopic (exact) mass is 467 g/mol. The van der Waals surface area contributed by atoms with E-state index in [0.29, 0.717) is 38.1 Å². The Kier molecular flexibility index (Phi) is 7.19. The van der Waals surface area contributed by atoms with Crippen LogP contribution in [0.25, 0.3) is 0 Å². The van der Waals surface area contributed by atoms with Crippen LogP contribution in [0, 0.1) is 11.8 Å². The van der Waals surface area contributed by atoms with Gasteiger partial charge in [-0.3, -0.25) is 4.79 Å². The number of amides is 3. The molecule has 182 valence electrons. The number of rotatable bonds is 6. The van der Waals surface area contributed by atoms with Crippen molar-refractivity contribution >= 4 is 23.3 Å². The minimum Gasteiger partial charge on any atom is -0.382 e. The first-order valence-corrected chi connectivity index (χ1v) is 11.8. The number of hydrogen-bond acceptors (Lipinski definition) is 4. The van der Waals surface area contributed by atoms with Crippen molar-refractivity contribution in [3.05, 3.63) is 24.3 Å². The average Bonchev–Trinajstić information content (AvgIpc) is 3.25. The van der Waals surface area contributed by atoms with E-state index < -0.39 is 18.1 Å². The Morgan fingerprint density at radius 1 is 1.03 bits per heavy atom. The maximum atomic E-state index is 12.9. The van der Waals surface area contributed by atoms with E-state index in [9.17, 15) is 22.8 Å². The minimum atomic E-state index is -4.09. The number of carbonyl (C=O) groups excluding carboxylic acids is 2. The third-order valence-corrected chi connectivity index (χ3v) is 7.06. The van der Waals surface area contributed by atoms with Gasteiger partial charge in [-0.15, -0.1) is 0 Å². The van der Waals surface area contributed by atoms with Crippen LogP contribution in [0.15, 0.2) is 24.3 Å². The minimum absolute atomic E-state index is 0.142. The van der Waals surface area contributed by atoms with Crippen LogP contribution < -0.4 is 26.2 Å². The third kappa shape index (κ3) is 6.23. The molecule has 1 atom stereocenters. The Morgan fingerprint density at radius 2 is 1.70 bits per heavy atom. The topological polar surface area (TPSA) is 85.5 Å². The van der Waals surface area contributed by atoms with E-state index in [1.807, 2.05) is 29.2 Å². The quantitative estimate of drug-likeness (QED) is 0.518. The third-order valence-electron chi connectivity index (χ3n) is 7.06. The molecule has 2 saturated heterocycles. The summed E-state index contributed by atoms with van der Waals surface area (Å²) >= 11 is 0. The second-order valence-corrected chi connectivity index (χ2v) is 9.36. The lowest BCUT2D eigenvalue weighted by atomic mass is 9.86. The van der Waals surface area contributed by atoms with Gasteiger partial charge in [0.15, 0.2) is 0 Å². The molecular weight excluding hydrogens is 435 g/mol. The highest BCUT2D eigenvalue weighted by Gasteiger charge is 2.41. The van der Waals surface area contributed by atoms with Gasteiger partial charge in [0.25, 0.3) is 0 Å². The molecule has 0 unspecified atom stereocenters. The molecule has 0 spiro atoms. The van der Waals surface area contributed by atoms with Crippen LogP contribution in [0.4, 0.5) is 29.3 Å². The van der Waals surface area contributed by atoms with Crippen LogP contribution in [0.2, 0.25) is 0 Å². The lowest BCUT2D eigenvalue weighted by Gasteiger charge is -2.34. The number of urea groups is 1. The maximum absolute atomic E-state index is 12.9. The van der Waals surface area contributed by atoms with Gasteiger partial charge in [-0.2, -0.15) is 13.2 Å². The van der Waals surface area contributed by atoms with Crippen molar-refractivity contribution in [3.63, 3.8) is 0 Å². The summed E-state index contributed by atoms with van der Waals surface area (Å²) in [5.74, 6) is -0.894. The molecule has 1 aromatic carbocycles. The van der Waals surface area contributed by atoms with Gasteiger partial charge >= 0.3 is 12.2 Å². The van der Waals surface area contributed by atoms with E-state index in [4.69, 9.17) is 0 Å². The second kappa shape index (κ2) is 10.1. The predicted octanol–water partition coefficient (Wildman–Crippen LogP) is 3.23. The van der Waals surface area contributed by atoms with Gasteiger partial charge in [0, 0.05) is 43.6 Å². The van der Waals surface area contributed by atoms with E-state index in [0.717, 1.165) is 37.1 Å². The van der Waals surface area contributed by atoms with Crippen LogP contribution >= 0.6 is 0 Å². The summed E-state index contributed by atoms with van der Waals surface area (Å²) in [6.07, 6.45) is 0.261. The second-order valence-electron chi connectivity index (χ2n) is 9.36. The smallest absolute Gasteiger partial charge is 0.382 e. The summed E-state index contributed by atoms with van der Waals surface area (Å²) in [7, 11) is 0. The number of piperidine rings is 1. The highest BCUT2D eigenvalue weighted by Crippen LogP contribution is 2.35. The fourth-order valence-electron chi connectivity index (χ4n) is 4.96. The average molecular weight is 468 g/mol. The molecule has 0 radical (unpaired) electrons. The van der Waals surface area contributed by atoms with Gasteiger partial charge in [0.05, 0.1) is 5.92 Å². The summed E-state index contributed by atoms with van der Waals surface area (Å²) in [6, 6.07) is 7.53.